The number of ether oxygens (including phenoxy) is 1. The number of isocyanates is 1. The lowest BCUT2D eigenvalue weighted by Gasteiger charge is -2.13. The van der Waals surface area contributed by atoms with Gasteiger partial charge in [-0.2, -0.15) is 4.99 Å². The molecule has 0 spiro atoms. The van der Waals surface area contributed by atoms with Crippen molar-refractivity contribution >= 4 is 12.0 Å². The molecule has 1 aromatic rings. The first-order valence-corrected chi connectivity index (χ1v) is 5.72. The van der Waals surface area contributed by atoms with Crippen LogP contribution >= 0.6 is 0 Å². The molecule has 17 heavy (non-hydrogen) atoms. The number of aliphatic imine (C=N–C) groups is 2. The third-order valence-electron chi connectivity index (χ3n) is 3.23. The Morgan fingerprint density at radius 2 is 2.18 bits per heavy atom. The molecule has 1 fully saturated rings. The van der Waals surface area contributed by atoms with Crippen LogP contribution in [0.4, 0.5) is 0 Å². The lowest BCUT2D eigenvalue weighted by atomic mass is 9.98. The molecule has 1 saturated carbocycles. The standard InChI is InChI=1S/C13H12N2O2/c16-9-15-13(5-6-13)11-4-2-1-3-10(11)12-14-7-8-17-12/h1-4H,5-8H2. The monoisotopic (exact) mass is 228 g/mol. The highest BCUT2D eigenvalue weighted by molar-refractivity contribution is 5.97. The quantitative estimate of drug-likeness (QED) is 0.585. The van der Waals surface area contributed by atoms with Crippen LogP contribution in [0.25, 0.3) is 0 Å². The third kappa shape index (κ3) is 1.67. The van der Waals surface area contributed by atoms with E-state index in [4.69, 9.17) is 4.74 Å². The fourth-order valence-corrected chi connectivity index (χ4v) is 2.22. The van der Waals surface area contributed by atoms with E-state index in [0.29, 0.717) is 19.0 Å². The van der Waals surface area contributed by atoms with Crippen LogP contribution < -0.4 is 0 Å². The topological polar surface area (TPSA) is 51.0 Å². The highest BCUT2D eigenvalue weighted by atomic mass is 16.5. The molecule has 0 unspecified atom stereocenters. The zero-order valence-electron chi connectivity index (χ0n) is 9.35. The van der Waals surface area contributed by atoms with Crippen molar-refractivity contribution in [2.75, 3.05) is 13.2 Å². The third-order valence-corrected chi connectivity index (χ3v) is 3.23. The number of hydrogen-bond donors (Lipinski definition) is 0. The van der Waals surface area contributed by atoms with Gasteiger partial charge in [0, 0.05) is 5.56 Å². The number of hydrogen-bond acceptors (Lipinski definition) is 4. The maximum absolute atomic E-state index is 10.5. The van der Waals surface area contributed by atoms with Gasteiger partial charge in [0.1, 0.15) is 6.61 Å². The van der Waals surface area contributed by atoms with Crippen molar-refractivity contribution in [3.8, 4) is 0 Å². The Bertz CT molecular complexity index is 526. The maximum atomic E-state index is 10.5. The minimum atomic E-state index is -0.368. The minimum absolute atomic E-state index is 0.368. The zero-order chi connectivity index (χ0) is 11.7. The van der Waals surface area contributed by atoms with Crippen molar-refractivity contribution in [3.05, 3.63) is 35.4 Å². The Labute approximate surface area is 99.0 Å². The Hall–Kier alpha value is -1.93. The van der Waals surface area contributed by atoms with Gasteiger partial charge in [-0.05, 0) is 24.5 Å². The van der Waals surface area contributed by atoms with Gasteiger partial charge in [-0.25, -0.2) is 9.79 Å². The van der Waals surface area contributed by atoms with Gasteiger partial charge in [0.25, 0.3) is 0 Å². The molecule has 1 heterocycles. The lowest BCUT2D eigenvalue weighted by molar-refractivity contribution is 0.348. The first-order chi connectivity index (χ1) is 8.36. The van der Waals surface area contributed by atoms with Gasteiger partial charge in [0.15, 0.2) is 0 Å². The van der Waals surface area contributed by atoms with Gasteiger partial charge in [-0.3, -0.25) is 0 Å². The van der Waals surface area contributed by atoms with E-state index in [2.05, 4.69) is 9.98 Å². The lowest BCUT2D eigenvalue weighted by Crippen LogP contribution is -2.12. The molecule has 4 heteroatoms. The van der Waals surface area contributed by atoms with Crippen LogP contribution in [-0.2, 0) is 15.1 Å². The molecule has 1 aliphatic heterocycles. The van der Waals surface area contributed by atoms with E-state index in [1.165, 1.54) is 0 Å². The number of carbonyl (C=O) groups excluding carboxylic acids is 1. The van der Waals surface area contributed by atoms with E-state index < -0.39 is 0 Å². The van der Waals surface area contributed by atoms with E-state index in [1.54, 1.807) is 6.08 Å². The molecule has 0 saturated heterocycles. The molecule has 4 nitrogen and oxygen atoms in total. The summed E-state index contributed by atoms with van der Waals surface area (Å²) in [7, 11) is 0. The number of benzene rings is 1. The SMILES string of the molecule is O=C=NC1(c2ccccc2C2=NCCO2)CC1. The summed E-state index contributed by atoms with van der Waals surface area (Å²) in [5.74, 6) is 0.674. The second kappa shape index (κ2) is 3.82. The van der Waals surface area contributed by atoms with Crippen LogP contribution in [0.1, 0.15) is 24.0 Å². The molecule has 0 atom stereocenters. The van der Waals surface area contributed by atoms with Crippen molar-refractivity contribution in [3.63, 3.8) is 0 Å². The van der Waals surface area contributed by atoms with E-state index in [-0.39, 0.29) is 5.54 Å². The molecule has 0 amide bonds. The van der Waals surface area contributed by atoms with Crippen LogP contribution in [0, 0.1) is 0 Å². The van der Waals surface area contributed by atoms with Gasteiger partial charge in [-0.1, -0.05) is 18.2 Å². The Morgan fingerprint density at radius 1 is 1.35 bits per heavy atom. The van der Waals surface area contributed by atoms with Crippen molar-refractivity contribution in [1.82, 2.24) is 0 Å². The summed E-state index contributed by atoms with van der Waals surface area (Å²) < 4.78 is 5.49. The largest absolute Gasteiger partial charge is 0.476 e. The molecule has 1 aliphatic carbocycles. The first-order valence-electron chi connectivity index (χ1n) is 5.72. The highest BCUT2D eigenvalue weighted by Crippen LogP contribution is 2.50. The van der Waals surface area contributed by atoms with Crippen LogP contribution in [-0.4, -0.2) is 25.1 Å². The van der Waals surface area contributed by atoms with Gasteiger partial charge in [-0.15, -0.1) is 0 Å². The molecule has 0 N–H and O–H groups in total. The van der Waals surface area contributed by atoms with Crippen molar-refractivity contribution < 1.29 is 9.53 Å². The molecule has 1 aromatic carbocycles. The van der Waals surface area contributed by atoms with E-state index in [9.17, 15) is 4.79 Å². The second-order valence-electron chi connectivity index (χ2n) is 4.32. The molecular formula is C13H12N2O2. The average molecular weight is 228 g/mol. The molecular weight excluding hydrogens is 216 g/mol. The Balaban J connectivity index is 2.08. The zero-order valence-corrected chi connectivity index (χ0v) is 9.35. The predicted octanol–water partition coefficient (Wildman–Crippen LogP) is 1.79. The fraction of sp³-hybridized carbons (Fsp3) is 0.385. The maximum Gasteiger partial charge on any atom is 0.235 e. The number of nitrogens with zero attached hydrogens (tertiary/aromatic N) is 2. The Morgan fingerprint density at radius 3 is 2.82 bits per heavy atom. The average Bonchev–Trinajstić information content (AvgIpc) is 2.94. The summed E-state index contributed by atoms with van der Waals surface area (Å²) in [5, 5.41) is 0. The van der Waals surface area contributed by atoms with Crippen LogP contribution in [0.3, 0.4) is 0 Å². The minimum Gasteiger partial charge on any atom is -0.476 e. The summed E-state index contributed by atoms with van der Waals surface area (Å²) in [6, 6.07) is 7.87. The van der Waals surface area contributed by atoms with Crippen LogP contribution in [0.2, 0.25) is 0 Å². The van der Waals surface area contributed by atoms with E-state index in [0.717, 1.165) is 24.0 Å². The summed E-state index contributed by atoms with van der Waals surface area (Å²) in [4.78, 5) is 18.8. The van der Waals surface area contributed by atoms with Gasteiger partial charge >= 0.3 is 0 Å². The first kappa shape index (κ1) is 10.2. The molecule has 86 valence electrons. The molecule has 2 aliphatic rings. The molecule has 0 radical (unpaired) electrons. The fourth-order valence-electron chi connectivity index (χ4n) is 2.22. The van der Waals surface area contributed by atoms with Crippen molar-refractivity contribution in [2.24, 2.45) is 9.98 Å². The molecule has 3 rings (SSSR count). The van der Waals surface area contributed by atoms with Gasteiger partial charge in [0.05, 0.1) is 12.1 Å². The van der Waals surface area contributed by atoms with Crippen molar-refractivity contribution in [1.29, 1.82) is 0 Å². The summed E-state index contributed by atoms with van der Waals surface area (Å²) in [5.41, 5.74) is 1.62. The van der Waals surface area contributed by atoms with E-state index in [1.807, 2.05) is 24.3 Å². The molecule has 0 bridgehead atoms. The predicted molar refractivity (Wildman–Crippen MR) is 62.8 cm³/mol. The summed E-state index contributed by atoms with van der Waals surface area (Å²) >= 11 is 0. The smallest absolute Gasteiger partial charge is 0.235 e. The van der Waals surface area contributed by atoms with Crippen LogP contribution in [0.5, 0.6) is 0 Å². The molecule has 0 aromatic heterocycles. The van der Waals surface area contributed by atoms with Crippen molar-refractivity contribution in [2.45, 2.75) is 18.4 Å². The van der Waals surface area contributed by atoms with Crippen LogP contribution in [0.15, 0.2) is 34.3 Å². The van der Waals surface area contributed by atoms with Gasteiger partial charge in [0.2, 0.25) is 12.0 Å². The summed E-state index contributed by atoms with van der Waals surface area (Å²) in [6.45, 7) is 1.33. The summed E-state index contributed by atoms with van der Waals surface area (Å²) in [6.07, 6.45) is 3.47. The number of rotatable bonds is 3. The highest BCUT2D eigenvalue weighted by Gasteiger charge is 2.46. The second-order valence-corrected chi connectivity index (χ2v) is 4.32. The van der Waals surface area contributed by atoms with Gasteiger partial charge < -0.3 is 4.74 Å². The van der Waals surface area contributed by atoms with E-state index >= 15 is 0 Å². The normalized spacial score (nSPS) is 20.1. The Kier molecular flexibility index (Phi) is 2.30.